The average Bonchev–Trinajstić information content (AvgIpc) is 2.58. The van der Waals surface area contributed by atoms with Gasteiger partial charge >= 0.3 is 0 Å². The van der Waals surface area contributed by atoms with E-state index in [1.165, 1.54) is 16.8 Å². The third kappa shape index (κ3) is 4.10. The molecule has 5 nitrogen and oxygen atoms in total. The van der Waals surface area contributed by atoms with Gasteiger partial charge in [0.05, 0.1) is 5.75 Å². The van der Waals surface area contributed by atoms with E-state index in [0.717, 1.165) is 25.9 Å². The van der Waals surface area contributed by atoms with E-state index in [4.69, 9.17) is 4.74 Å². The third-order valence-electron chi connectivity index (χ3n) is 5.12. The molecule has 0 N–H and O–H groups in total. The molecule has 1 aromatic rings. The quantitative estimate of drug-likeness (QED) is 0.833. The van der Waals surface area contributed by atoms with Gasteiger partial charge in [0.25, 0.3) is 0 Å². The Labute approximate surface area is 145 Å². The Hall–Kier alpha value is -1.11. The molecule has 2 saturated heterocycles. The number of rotatable bonds is 4. The van der Waals surface area contributed by atoms with E-state index in [9.17, 15) is 8.42 Å². The molecule has 0 aromatic heterocycles. The number of aryl methyl sites for hydroxylation is 2. The molecule has 0 saturated carbocycles. The zero-order valence-electron chi connectivity index (χ0n) is 14.7. The normalized spacial score (nSPS) is 21.2. The van der Waals surface area contributed by atoms with Crippen molar-refractivity contribution in [1.82, 2.24) is 4.31 Å². The smallest absolute Gasteiger partial charge is 0.214 e. The highest BCUT2D eigenvalue weighted by atomic mass is 32.2. The maximum absolute atomic E-state index is 12.7. The minimum atomic E-state index is -3.16. The van der Waals surface area contributed by atoms with Crippen molar-refractivity contribution in [1.29, 1.82) is 0 Å². The minimum Gasteiger partial charge on any atom is -0.381 e. The van der Waals surface area contributed by atoms with Crippen molar-refractivity contribution in [3.63, 3.8) is 0 Å². The average molecular weight is 353 g/mol. The van der Waals surface area contributed by atoms with Gasteiger partial charge in [0, 0.05) is 45.1 Å². The molecule has 6 heteroatoms. The molecule has 2 heterocycles. The molecule has 0 spiro atoms. The number of piperazine rings is 1. The second kappa shape index (κ2) is 7.42. The predicted octanol–water partition coefficient (Wildman–Crippen LogP) is 2.18. The SMILES string of the molecule is Cc1ccc(C)c(N2CCN(S(=O)(=O)CC3CCOCC3)CC2)c1. The van der Waals surface area contributed by atoms with Crippen LogP contribution in [0.3, 0.4) is 0 Å². The number of ether oxygens (including phenoxy) is 1. The first-order valence-electron chi connectivity index (χ1n) is 8.83. The van der Waals surface area contributed by atoms with Gasteiger partial charge in [-0.15, -0.1) is 0 Å². The van der Waals surface area contributed by atoms with Gasteiger partial charge in [-0.05, 0) is 49.8 Å². The molecular weight excluding hydrogens is 324 g/mol. The van der Waals surface area contributed by atoms with Gasteiger partial charge in [-0.2, -0.15) is 4.31 Å². The van der Waals surface area contributed by atoms with Gasteiger partial charge in [0.1, 0.15) is 0 Å². The lowest BCUT2D eigenvalue weighted by atomic mass is 10.0. The zero-order chi connectivity index (χ0) is 17.2. The molecule has 1 aromatic carbocycles. The van der Waals surface area contributed by atoms with E-state index >= 15 is 0 Å². The summed E-state index contributed by atoms with van der Waals surface area (Å²) in [5.41, 5.74) is 3.72. The monoisotopic (exact) mass is 352 g/mol. The maximum atomic E-state index is 12.7. The van der Waals surface area contributed by atoms with Gasteiger partial charge in [-0.25, -0.2) is 8.42 Å². The highest BCUT2D eigenvalue weighted by Gasteiger charge is 2.30. The van der Waals surface area contributed by atoms with Crippen LogP contribution in [0.5, 0.6) is 0 Å². The van der Waals surface area contributed by atoms with Crippen LogP contribution in [0, 0.1) is 19.8 Å². The van der Waals surface area contributed by atoms with Crippen LogP contribution >= 0.6 is 0 Å². The van der Waals surface area contributed by atoms with Crippen molar-refractivity contribution >= 4 is 15.7 Å². The van der Waals surface area contributed by atoms with Gasteiger partial charge in [-0.3, -0.25) is 0 Å². The largest absolute Gasteiger partial charge is 0.381 e. The molecule has 3 rings (SSSR count). The molecular formula is C18H28N2O3S. The predicted molar refractivity (Wildman–Crippen MR) is 97.0 cm³/mol. The number of nitrogens with zero attached hydrogens (tertiary/aromatic N) is 2. The summed E-state index contributed by atoms with van der Waals surface area (Å²) in [7, 11) is -3.16. The molecule has 0 atom stereocenters. The van der Waals surface area contributed by atoms with E-state index in [1.807, 2.05) is 0 Å². The van der Waals surface area contributed by atoms with Gasteiger partial charge in [-0.1, -0.05) is 12.1 Å². The zero-order valence-corrected chi connectivity index (χ0v) is 15.5. The number of benzene rings is 1. The Balaban J connectivity index is 1.60. The molecule has 24 heavy (non-hydrogen) atoms. The fraction of sp³-hybridized carbons (Fsp3) is 0.667. The van der Waals surface area contributed by atoms with Crippen LogP contribution in [0.4, 0.5) is 5.69 Å². The van der Waals surface area contributed by atoms with Crippen molar-refractivity contribution in [2.45, 2.75) is 26.7 Å². The van der Waals surface area contributed by atoms with Crippen LogP contribution in [0.1, 0.15) is 24.0 Å². The van der Waals surface area contributed by atoms with Gasteiger partial charge < -0.3 is 9.64 Å². The molecule has 0 unspecified atom stereocenters. The first-order valence-corrected chi connectivity index (χ1v) is 10.4. The van der Waals surface area contributed by atoms with Crippen molar-refractivity contribution in [2.75, 3.05) is 50.0 Å². The van der Waals surface area contributed by atoms with Crippen molar-refractivity contribution in [3.8, 4) is 0 Å². The second-order valence-electron chi connectivity index (χ2n) is 7.01. The van der Waals surface area contributed by atoms with E-state index in [2.05, 4.69) is 36.9 Å². The lowest BCUT2D eigenvalue weighted by Crippen LogP contribution is -2.50. The highest BCUT2D eigenvalue weighted by molar-refractivity contribution is 7.89. The van der Waals surface area contributed by atoms with Crippen LogP contribution in [0.2, 0.25) is 0 Å². The van der Waals surface area contributed by atoms with Gasteiger partial charge in [0.15, 0.2) is 0 Å². The van der Waals surface area contributed by atoms with Gasteiger partial charge in [0.2, 0.25) is 10.0 Å². The fourth-order valence-corrected chi connectivity index (χ4v) is 5.44. The maximum Gasteiger partial charge on any atom is 0.214 e. The Morgan fingerprint density at radius 3 is 2.42 bits per heavy atom. The van der Waals surface area contributed by atoms with E-state index in [1.54, 1.807) is 4.31 Å². The minimum absolute atomic E-state index is 0.251. The lowest BCUT2D eigenvalue weighted by Gasteiger charge is -2.37. The second-order valence-corrected chi connectivity index (χ2v) is 9.02. The fourth-order valence-electron chi connectivity index (χ4n) is 3.58. The Morgan fingerprint density at radius 1 is 1.08 bits per heavy atom. The van der Waals surface area contributed by atoms with Crippen molar-refractivity contribution in [2.24, 2.45) is 5.92 Å². The van der Waals surface area contributed by atoms with E-state index in [-0.39, 0.29) is 11.7 Å². The number of hydrogen-bond acceptors (Lipinski definition) is 4. The van der Waals surface area contributed by atoms with Crippen LogP contribution < -0.4 is 4.90 Å². The van der Waals surface area contributed by atoms with Crippen molar-refractivity contribution < 1.29 is 13.2 Å². The van der Waals surface area contributed by atoms with Crippen molar-refractivity contribution in [3.05, 3.63) is 29.3 Å². The van der Waals surface area contributed by atoms with E-state index < -0.39 is 10.0 Å². The van der Waals surface area contributed by atoms with E-state index in [0.29, 0.717) is 26.3 Å². The molecule has 0 amide bonds. The van der Waals surface area contributed by atoms with Crippen LogP contribution in [0.25, 0.3) is 0 Å². The number of hydrogen-bond donors (Lipinski definition) is 0. The summed E-state index contributed by atoms with van der Waals surface area (Å²) in [6, 6.07) is 6.45. The number of anilines is 1. The molecule has 2 aliphatic rings. The summed E-state index contributed by atoms with van der Waals surface area (Å²) in [4.78, 5) is 2.31. The lowest BCUT2D eigenvalue weighted by molar-refractivity contribution is 0.0720. The topological polar surface area (TPSA) is 49.9 Å². The summed E-state index contributed by atoms with van der Waals surface area (Å²) in [6.45, 7) is 8.29. The highest BCUT2D eigenvalue weighted by Crippen LogP contribution is 2.24. The van der Waals surface area contributed by atoms with Crippen LogP contribution in [0.15, 0.2) is 18.2 Å². The molecule has 2 fully saturated rings. The molecule has 0 radical (unpaired) electrons. The Kier molecular flexibility index (Phi) is 5.47. The molecule has 2 aliphatic heterocycles. The first kappa shape index (κ1) is 17.7. The molecule has 0 bridgehead atoms. The molecule has 134 valence electrons. The summed E-state index contributed by atoms with van der Waals surface area (Å²) in [6.07, 6.45) is 1.73. The van der Waals surface area contributed by atoms with Crippen LogP contribution in [-0.4, -0.2) is 57.9 Å². The first-order chi connectivity index (χ1) is 11.5. The Bertz CT molecular complexity index is 661. The summed E-state index contributed by atoms with van der Waals surface area (Å²) >= 11 is 0. The molecule has 0 aliphatic carbocycles. The van der Waals surface area contributed by atoms with Crippen LogP contribution in [-0.2, 0) is 14.8 Å². The number of sulfonamides is 1. The summed E-state index contributed by atoms with van der Waals surface area (Å²) in [5, 5.41) is 0. The standard InChI is InChI=1S/C18H28N2O3S/c1-15-3-4-16(2)18(13-15)19-7-9-20(10-8-19)24(21,22)14-17-5-11-23-12-6-17/h3-4,13,17H,5-12,14H2,1-2H3. The third-order valence-corrected chi connectivity index (χ3v) is 7.17. The Morgan fingerprint density at radius 2 is 1.75 bits per heavy atom. The summed E-state index contributed by atoms with van der Waals surface area (Å²) < 4.78 is 32.4. The summed E-state index contributed by atoms with van der Waals surface area (Å²) in [5.74, 6) is 0.528.